The summed E-state index contributed by atoms with van der Waals surface area (Å²) in [5.74, 6) is 0. The van der Waals surface area contributed by atoms with Gasteiger partial charge in [-0.1, -0.05) is 0 Å². The second-order valence-electron chi connectivity index (χ2n) is 1.32. The van der Waals surface area contributed by atoms with Gasteiger partial charge in [0.2, 0.25) is 0 Å². The number of aliphatic hydroxyl groups is 2. The van der Waals surface area contributed by atoms with Crippen LogP contribution in [-0.2, 0) is 4.74 Å². The first kappa shape index (κ1) is 7.81. The van der Waals surface area contributed by atoms with Gasteiger partial charge in [-0.2, -0.15) is 0 Å². The van der Waals surface area contributed by atoms with Gasteiger partial charge in [-0.25, -0.2) is 4.39 Å². The molecule has 0 rings (SSSR count). The first-order chi connectivity index (χ1) is 3.81. The number of aliphatic hydroxyl groups excluding tert-OH is 2. The van der Waals surface area contributed by atoms with Crippen molar-refractivity contribution in [2.45, 2.75) is 6.10 Å². The highest BCUT2D eigenvalue weighted by Gasteiger charge is 1.98. The van der Waals surface area contributed by atoms with Gasteiger partial charge in [0.25, 0.3) is 0 Å². The summed E-state index contributed by atoms with van der Waals surface area (Å²) >= 11 is 0. The summed E-state index contributed by atoms with van der Waals surface area (Å²) in [6.45, 7) is -1.45. The van der Waals surface area contributed by atoms with Crippen LogP contribution in [0.3, 0.4) is 0 Å². The van der Waals surface area contributed by atoms with Crippen LogP contribution >= 0.6 is 0 Å². The van der Waals surface area contributed by atoms with Gasteiger partial charge in [-0.05, 0) is 0 Å². The molecule has 3 nitrogen and oxygen atoms in total. The van der Waals surface area contributed by atoms with Gasteiger partial charge in [0, 0.05) is 0 Å². The maximum absolute atomic E-state index is 11.1. The molecule has 0 heterocycles. The summed E-state index contributed by atoms with van der Waals surface area (Å²) < 4.78 is 15.2. The SMILES string of the molecule is OCC(O)COCF. The zero-order chi connectivity index (χ0) is 6.41. The normalized spacial score (nSPS) is 13.9. The largest absolute Gasteiger partial charge is 0.394 e. The van der Waals surface area contributed by atoms with Crippen molar-refractivity contribution >= 4 is 0 Å². The second kappa shape index (κ2) is 4.96. The molecule has 0 aromatic rings. The quantitative estimate of drug-likeness (QED) is 0.520. The van der Waals surface area contributed by atoms with Gasteiger partial charge in [0.15, 0.2) is 6.86 Å². The molecule has 0 amide bonds. The maximum Gasteiger partial charge on any atom is 0.188 e. The molecule has 0 aromatic carbocycles. The Labute approximate surface area is 46.7 Å². The zero-order valence-corrected chi connectivity index (χ0v) is 4.38. The predicted molar refractivity (Wildman–Crippen MR) is 25.0 cm³/mol. The van der Waals surface area contributed by atoms with E-state index in [1.165, 1.54) is 0 Å². The van der Waals surface area contributed by atoms with E-state index >= 15 is 0 Å². The van der Waals surface area contributed by atoms with E-state index < -0.39 is 13.0 Å². The van der Waals surface area contributed by atoms with Gasteiger partial charge in [0.05, 0.1) is 13.2 Å². The molecule has 0 radical (unpaired) electrons. The molecule has 2 N–H and O–H groups in total. The molecule has 0 spiro atoms. The summed E-state index contributed by atoms with van der Waals surface area (Å²) in [5.41, 5.74) is 0. The Hall–Kier alpha value is -0.190. The first-order valence-corrected chi connectivity index (χ1v) is 2.24. The highest BCUT2D eigenvalue weighted by atomic mass is 19.1. The molecule has 1 atom stereocenters. The zero-order valence-electron chi connectivity index (χ0n) is 4.38. The lowest BCUT2D eigenvalue weighted by molar-refractivity contribution is -0.0230. The molecule has 0 fully saturated rings. The third-order valence-corrected chi connectivity index (χ3v) is 0.598. The minimum absolute atomic E-state index is 0.146. The van der Waals surface area contributed by atoms with E-state index in [1.54, 1.807) is 0 Å². The van der Waals surface area contributed by atoms with Crippen LogP contribution in [0.15, 0.2) is 0 Å². The number of hydrogen-bond acceptors (Lipinski definition) is 3. The van der Waals surface area contributed by atoms with Gasteiger partial charge in [-0.15, -0.1) is 0 Å². The Morgan fingerprint density at radius 2 is 2.25 bits per heavy atom. The Kier molecular flexibility index (Phi) is 4.84. The van der Waals surface area contributed by atoms with Crippen molar-refractivity contribution in [3.63, 3.8) is 0 Å². The van der Waals surface area contributed by atoms with Crippen molar-refractivity contribution in [3.05, 3.63) is 0 Å². The van der Waals surface area contributed by atoms with Gasteiger partial charge in [-0.3, -0.25) is 0 Å². The number of halogens is 1. The van der Waals surface area contributed by atoms with Crippen LogP contribution in [0.1, 0.15) is 0 Å². The van der Waals surface area contributed by atoms with Crippen molar-refractivity contribution in [2.24, 2.45) is 0 Å². The molecular formula is C4H9FO3. The average Bonchev–Trinajstić information content (AvgIpc) is 1.83. The fourth-order valence-corrected chi connectivity index (χ4v) is 0.233. The third kappa shape index (κ3) is 3.98. The standard InChI is InChI=1S/C4H9FO3/c5-3-8-2-4(7)1-6/h4,6-7H,1-3H2. The molecule has 8 heavy (non-hydrogen) atoms. The minimum atomic E-state index is -0.953. The third-order valence-electron chi connectivity index (χ3n) is 0.598. The summed E-state index contributed by atoms with van der Waals surface area (Å²) in [4.78, 5) is 0. The molecule has 4 heteroatoms. The topological polar surface area (TPSA) is 49.7 Å². The molecule has 0 bridgehead atoms. The van der Waals surface area contributed by atoms with E-state index in [2.05, 4.69) is 4.74 Å². The lowest BCUT2D eigenvalue weighted by Crippen LogP contribution is -2.18. The first-order valence-electron chi connectivity index (χ1n) is 2.24. The molecule has 0 aliphatic carbocycles. The number of alkyl halides is 1. The van der Waals surface area contributed by atoms with E-state index in [4.69, 9.17) is 10.2 Å². The predicted octanol–water partition coefficient (Wildman–Crippen LogP) is -0.717. The van der Waals surface area contributed by atoms with E-state index in [0.717, 1.165) is 0 Å². The average molecular weight is 124 g/mol. The minimum Gasteiger partial charge on any atom is -0.394 e. The maximum atomic E-state index is 11.1. The molecule has 50 valence electrons. The summed E-state index contributed by atoms with van der Waals surface area (Å²) in [6, 6.07) is 0. The second-order valence-corrected chi connectivity index (χ2v) is 1.32. The summed E-state index contributed by atoms with van der Waals surface area (Å²) in [6.07, 6.45) is -0.953. The highest BCUT2D eigenvalue weighted by Crippen LogP contribution is 1.82. The molecular weight excluding hydrogens is 115 g/mol. The monoisotopic (exact) mass is 124 g/mol. The van der Waals surface area contributed by atoms with Gasteiger partial charge >= 0.3 is 0 Å². The molecule has 1 unspecified atom stereocenters. The Balaban J connectivity index is 2.86. The molecule has 0 aromatic heterocycles. The van der Waals surface area contributed by atoms with E-state index in [0.29, 0.717) is 0 Å². The van der Waals surface area contributed by atoms with Crippen LogP contribution in [-0.4, -0.2) is 36.4 Å². The molecule has 0 aliphatic rings. The van der Waals surface area contributed by atoms with E-state index in [9.17, 15) is 4.39 Å². The highest BCUT2D eigenvalue weighted by molar-refractivity contribution is 4.46. The summed E-state index contributed by atoms with van der Waals surface area (Å²) in [5, 5.41) is 16.6. The van der Waals surface area contributed by atoms with Crippen molar-refractivity contribution in [1.29, 1.82) is 0 Å². The van der Waals surface area contributed by atoms with Crippen LogP contribution in [0, 0.1) is 0 Å². The van der Waals surface area contributed by atoms with Crippen LogP contribution < -0.4 is 0 Å². The number of ether oxygens (including phenoxy) is 1. The lowest BCUT2D eigenvalue weighted by Gasteiger charge is -2.03. The summed E-state index contributed by atoms with van der Waals surface area (Å²) in [7, 11) is 0. The fraction of sp³-hybridized carbons (Fsp3) is 1.00. The van der Waals surface area contributed by atoms with Crippen molar-refractivity contribution < 1.29 is 19.3 Å². The Morgan fingerprint density at radius 1 is 1.62 bits per heavy atom. The van der Waals surface area contributed by atoms with Crippen LogP contribution in [0.5, 0.6) is 0 Å². The van der Waals surface area contributed by atoms with Crippen LogP contribution in [0.4, 0.5) is 4.39 Å². The lowest BCUT2D eigenvalue weighted by atomic mass is 10.4. The van der Waals surface area contributed by atoms with Crippen molar-refractivity contribution in [2.75, 3.05) is 20.1 Å². The molecule has 0 saturated heterocycles. The van der Waals surface area contributed by atoms with Crippen LogP contribution in [0.25, 0.3) is 0 Å². The number of rotatable bonds is 4. The van der Waals surface area contributed by atoms with Gasteiger partial charge in [0.1, 0.15) is 6.10 Å². The molecule has 0 saturated carbocycles. The number of hydrogen-bond donors (Lipinski definition) is 2. The van der Waals surface area contributed by atoms with Crippen molar-refractivity contribution in [3.8, 4) is 0 Å². The fourth-order valence-electron chi connectivity index (χ4n) is 0.233. The van der Waals surface area contributed by atoms with E-state index in [1.807, 2.05) is 0 Å². The van der Waals surface area contributed by atoms with Crippen molar-refractivity contribution in [1.82, 2.24) is 0 Å². The smallest absolute Gasteiger partial charge is 0.188 e. The van der Waals surface area contributed by atoms with Crippen LogP contribution in [0.2, 0.25) is 0 Å². The molecule has 0 aliphatic heterocycles. The van der Waals surface area contributed by atoms with E-state index in [-0.39, 0.29) is 13.2 Å². The Bertz CT molecular complexity index is 50.5. The Morgan fingerprint density at radius 3 is 2.62 bits per heavy atom. The van der Waals surface area contributed by atoms with Gasteiger partial charge < -0.3 is 14.9 Å².